The van der Waals surface area contributed by atoms with E-state index in [4.69, 9.17) is 5.73 Å². The molecule has 0 bridgehead atoms. The van der Waals surface area contributed by atoms with Crippen LogP contribution in [0.1, 0.15) is 68.6 Å². The Labute approximate surface area is 224 Å². The maximum atomic E-state index is 14.4. The molecule has 1 fully saturated rings. The van der Waals surface area contributed by atoms with Crippen molar-refractivity contribution in [3.8, 4) is 0 Å². The van der Waals surface area contributed by atoms with E-state index < -0.39 is 6.43 Å². The van der Waals surface area contributed by atoms with Crippen molar-refractivity contribution in [2.24, 2.45) is 5.73 Å². The third kappa shape index (κ3) is 6.18. The molecule has 10 heteroatoms. The number of hydrogen-bond donors (Lipinski definition) is 5. The van der Waals surface area contributed by atoms with Crippen LogP contribution in [0.4, 0.5) is 14.5 Å². The summed E-state index contributed by atoms with van der Waals surface area (Å²) in [5, 5.41) is 19.5. The number of nitrogens with zero attached hydrogens (tertiary/aromatic N) is 2. The molecule has 1 aromatic carbocycles. The highest BCUT2D eigenvalue weighted by molar-refractivity contribution is 6.09. The number of anilines is 1. The fourth-order valence-electron chi connectivity index (χ4n) is 5.99. The second kappa shape index (κ2) is 12.5. The van der Waals surface area contributed by atoms with E-state index in [-0.39, 0.29) is 23.4 Å². The van der Waals surface area contributed by atoms with Crippen molar-refractivity contribution in [1.82, 2.24) is 20.9 Å². The molecule has 38 heavy (non-hydrogen) atoms. The number of aryl methyl sites for hydroxylation is 1. The van der Waals surface area contributed by atoms with Gasteiger partial charge in [0.1, 0.15) is 5.84 Å². The minimum atomic E-state index is -2.65. The fraction of sp³-hybridized carbons (Fsp3) is 0.643. The van der Waals surface area contributed by atoms with Crippen molar-refractivity contribution in [1.29, 1.82) is 5.41 Å². The van der Waals surface area contributed by atoms with E-state index in [0.29, 0.717) is 55.7 Å². The van der Waals surface area contributed by atoms with Gasteiger partial charge in [-0.2, -0.15) is 0 Å². The van der Waals surface area contributed by atoms with Crippen molar-refractivity contribution < 1.29 is 13.6 Å². The van der Waals surface area contributed by atoms with Crippen molar-refractivity contribution in [3.05, 3.63) is 40.1 Å². The van der Waals surface area contributed by atoms with Crippen LogP contribution >= 0.6 is 0 Å². The molecule has 4 rings (SSSR count). The number of benzene rings is 1. The number of carbonyl (C=O) groups is 1. The van der Waals surface area contributed by atoms with Crippen LogP contribution in [0.2, 0.25) is 0 Å². The van der Waals surface area contributed by atoms with E-state index in [1.807, 2.05) is 17.9 Å². The van der Waals surface area contributed by atoms with E-state index >= 15 is 0 Å². The molecule has 1 aromatic rings. The van der Waals surface area contributed by atoms with Crippen molar-refractivity contribution >= 4 is 17.4 Å². The fourth-order valence-corrected chi connectivity index (χ4v) is 5.99. The predicted octanol–water partition coefficient (Wildman–Crippen LogP) is 2.85. The molecular weight excluding hydrogens is 488 g/mol. The third-order valence-corrected chi connectivity index (χ3v) is 8.16. The molecule has 3 aliphatic rings. The summed E-state index contributed by atoms with van der Waals surface area (Å²) in [5.74, 6) is 0.0294. The first-order valence-corrected chi connectivity index (χ1v) is 13.9. The van der Waals surface area contributed by atoms with Gasteiger partial charge in [0.25, 0.3) is 6.43 Å². The Kier molecular flexibility index (Phi) is 9.38. The van der Waals surface area contributed by atoms with Crippen LogP contribution in [0.3, 0.4) is 0 Å². The lowest BCUT2D eigenvalue weighted by Crippen LogP contribution is -2.47. The number of amides is 1. The van der Waals surface area contributed by atoms with Gasteiger partial charge in [0, 0.05) is 73.5 Å². The number of rotatable bonds is 8. The number of fused-ring (bicyclic) bond motifs is 1. The number of hydrogen-bond acceptors (Lipinski definition) is 6. The van der Waals surface area contributed by atoms with Crippen LogP contribution in [0.5, 0.6) is 0 Å². The zero-order valence-electron chi connectivity index (χ0n) is 22.9. The molecule has 1 saturated heterocycles. The van der Waals surface area contributed by atoms with Crippen molar-refractivity contribution in [2.45, 2.75) is 70.4 Å². The van der Waals surface area contributed by atoms with Crippen molar-refractivity contribution in [3.63, 3.8) is 0 Å². The average molecular weight is 532 g/mol. The van der Waals surface area contributed by atoms with Gasteiger partial charge in [-0.25, -0.2) is 8.78 Å². The van der Waals surface area contributed by atoms with Gasteiger partial charge in [0.15, 0.2) is 0 Å². The number of piperidine rings is 1. The van der Waals surface area contributed by atoms with Gasteiger partial charge in [-0.15, -0.1) is 0 Å². The van der Waals surface area contributed by atoms with E-state index in [1.54, 1.807) is 24.9 Å². The van der Waals surface area contributed by atoms with E-state index in [9.17, 15) is 19.0 Å². The van der Waals surface area contributed by atoms with Gasteiger partial charge in [-0.3, -0.25) is 10.2 Å². The number of nitrogens with one attached hydrogen (secondary N) is 4. The number of likely N-dealkylation sites (N-methyl/N-ethyl adjacent to an activating group) is 1. The molecule has 0 aromatic heterocycles. The summed E-state index contributed by atoms with van der Waals surface area (Å²) in [7, 11) is 1.80. The Bertz CT molecular complexity index is 1050. The minimum absolute atomic E-state index is 0.0166. The van der Waals surface area contributed by atoms with Gasteiger partial charge in [-0.1, -0.05) is 6.07 Å². The van der Waals surface area contributed by atoms with Crippen molar-refractivity contribution in [2.75, 3.05) is 51.2 Å². The molecule has 8 nitrogen and oxygen atoms in total. The first-order chi connectivity index (χ1) is 18.2. The molecular formula is C28H43F2N7O. The summed E-state index contributed by atoms with van der Waals surface area (Å²) < 4.78 is 28.8. The highest BCUT2D eigenvalue weighted by Crippen LogP contribution is 2.39. The summed E-state index contributed by atoms with van der Waals surface area (Å²) in [4.78, 5) is 15.9. The lowest BCUT2D eigenvalue weighted by atomic mass is 9.85. The molecule has 3 aliphatic heterocycles. The summed E-state index contributed by atoms with van der Waals surface area (Å²) in [6, 6.07) is 3.51. The van der Waals surface area contributed by atoms with Crippen LogP contribution in [0.25, 0.3) is 0 Å². The van der Waals surface area contributed by atoms with Gasteiger partial charge in [-0.05, 0) is 69.9 Å². The SMILES string of the molecule is CNCC(c1cc2c(cc1C(F)F)N(C(=N)C1=C(NC3CCNCC3)CCN(C(C)=O)C1)CCC2)C(C)N. The Hall–Kier alpha value is -2.56. The summed E-state index contributed by atoms with van der Waals surface area (Å²) in [6.07, 6.45) is 1.59. The van der Waals surface area contributed by atoms with E-state index in [2.05, 4.69) is 16.0 Å². The molecule has 0 spiro atoms. The number of halogens is 2. The summed E-state index contributed by atoms with van der Waals surface area (Å²) in [5.41, 5.74) is 10.2. The second-order valence-electron chi connectivity index (χ2n) is 10.9. The Morgan fingerprint density at radius 1 is 1.21 bits per heavy atom. The first kappa shape index (κ1) is 28.4. The molecule has 0 saturated carbocycles. The largest absolute Gasteiger partial charge is 0.385 e. The molecule has 1 amide bonds. The minimum Gasteiger partial charge on any atom is -0.385 e. The quantitative estimate of drug-likeness (QED) is 0.261. The summed E-state index contributed by atoms with van der Waals surface area (Å²) >= 11 is 0. The highest BCUT2D eigenvalue weighted by Gasteiger charge is 2.32. The smallest absolute Gasteiger partial charge is 0.264 e. The van der Waals surface area contributed by atoms with Gasteiger partial charge >= 0.3 is 0 Å². The van der Waals surface area contributed by atoms with Crippen LogP contribution in [0.15, 0.2) is 23.4 Å². The number of nitrogens with two attached hydrogens (primary N) is 1. The third-order valence-electron chi connectivity index (χ3n) is 8.16. The maximum Gasteiger partial charge on any atom is 0.264 e. The molecule has 3 heterocycles. The summed E-state index contributed by atoms with van der Waals surface area (Å²) in [6.45, 7) is 7.35. The van der Waals surface area contributed by atoms with Crippen LogP contribution in [-0.2, 0) is 11.2 Å². The first-order valence-electron chi connectivity index (χ1n) is 13.9. The molecule has 6 N–H and O–H groups in total. The second-order valence-corrected chi connectivity index (χ2v) is 10.9. The topological polar surface area (TPSA) is 110 Å². The number of amidine groups is 1. The zero-order chi connectivity index (χ0) is 27.4. The standard InChI is InChI=1S/C28H43F2N7O/c1-17(31)23(15-33-3)21-13-19-5-4-11-37(26(19)14-22(21)27(29)30)28(32)24-16-36(18(2)38)12-8-25(24)35-20-6-9-34-10-7-20/h13-14,17,20,23,27,32-35H,4-12,15-16,31H2,1-3H3. The van der Waals surface area contributed by atoms with Gasteiger partial charge in [0.05, 0.1) is 6.54 Å². The average Bonchev–Trinajstić information content (AvgIpc) is 2.90. The van der Waals surface area contributed by atoms with Crippen LogP contribution < -0.4 is 26.6 Å². The van der Waals surface area contributed by atoms with E-state index in [0.717, 1.165) is 55.6 Å². The lowest BCUT2D eigenvalue weighted by Gasteiger charge is -2.38. The van der Waals surface area contributed by atoms with Gasteiger partial charge in [0.2, 0.25) is 5.91 Å². The normalized spacial score (nSPS) is 20.4. The lowest BCUT2D eigenvalue weighted by molar-refractivity contribution is -0.128. The molecule has 2 atom stereocenters. The van der Waals surface area contributed by atoms with Crippen LogP contribution in [-0.4, -0.2) is 75.0 Å². The van der Waals surface area contributed by atoms with Crippen LogP contribution in [0, 0.1) is 5.41 Å². The highest BCUT2D eigenvalue weighted by atomic mass is 19.3. The molecule has 210 valence electrons. The molecule has 0 aliphatic carbocycles. The predicted molar refractivity (Wildman–Crippen MR) is 148 cm³/mol. The maximum absolute atomic E-state index is 14.4. The number of alkyl halides is 2. The number of carbonyl (C=O) groups excluding carboxylic acids is 1. The monoisotopic (exact) mass is 531 g/mol. The van der Waals surface area contributed by atoms with Gasteiger partial charge < -0.3 is 31.5 Å². The Morgan fingerprint density at radius 2 is 1.95 bits per heavy atom. The zero-order valence-corrected chi connectivity index (χ0v) is 22.9. The van der Waals surface area contributed by atoms with E-state index in [1.165, 1.54) is 0 Å². The Balaban J connectivity index is 1.72. The Morgan fingerprint density at radius 3 is 2.58 bits per heavy atom. The molecule has 0 radical (unpaired) electrons. The molecule has 2 unspecified atom stereocenters.